The summed E-state index contributed by atoms with van der Waals surface area (Å²) in [5.74, 6) is -0.555. The van der Waals surface area contributed by atoms with Crippen molar-refractivity contribution in [2.45, 2.75) is 38.4 Å². The lowest BCUT2D eigenvalue weighted by Crippen LogP contribution is -2.39. The largest absolute Gasteiger partial charge is 0.497 e. The molecule has 0 aromatic heterocycles. The maximum Gasteiger partial charge on any atom is 0.348 e. The summed E-state index contributed by atoms with van der Waals surface area (Å²) in [5.41, 5.74) is 1.80. The molecule has 0 heterocycles. The van der Waals surface area contributed by atoms with Crippen LogP contribution in [0.15, 0.2) is 53.4 Å². The number of rotatable bonds is 11. The minimum atomic E-state index is -3.94. The zero-order valence-corrected chi connectivity index (χ0v) is 19.7. The van der Waals surface area contributed by atoms with Crippen LogP contribution in [0.3, 0.4) is 0 Å². The maximum absolute atomic E-state index is 13.2. The Morgan fingerprint density at radius 3 is 1.77 bits per heavy atom. The number of sulfonamides is 1. The van der Waals surface area contributed by atoms with Crippen LogP contribution in [0.5, 0.6) is 5.75 Å². The van der Waals surface area contributed by atoms with Gasteiger partial charge in [-0.05, 0) is 55.2 Å². The van der Waals surface area contributed by atoms with Gasteiger partial charge in [-0.3, -0.25) is 4.57 Å². The van der Waals surface area contributed by atoms with E-state index in [2.05, 4.69) is 4.72 Å². The summed E-state index contributed by atoms with van der Waals surface area (Å²) in [5, 5.41) is 0. The van der Waals surface area contributed by atoms with E-state index in [4.69, 9.17) is 13.8 Å². The van der Waals surface area contributed by atoms with Gasteiger partial charge in [0, 0.05) is 0 Å². The summed E-state index contributed by atoms with van der Waals surface area (Å²) in [6.45, 7) is 7.22. The molecule has 7 nitrogen and oxygen atoms in total. The van der Waals surface area contributed by atoms with Crippen molar-refractivity contribution in [2.75, 3.05) is 20.3 Å². The lowest BCUT2D eigenvalue weighted by atomic mass is 10.1. The van der Waals surface area contributed by atoms with Gasteiger partial charge in [0.2, 0.25) is 10.0 Å². The van der Waals surface area contributed by atoms with E-state index in [1.165, 1.54) is 12.1 Å². The summed E-state index contributed by atoms with van der Waals surface area (Å²) >= 11 is 0. The third-order valence-corrected chi connectivity index (χ3v) is 8.73. The fourth-order valence-corrected chi connectivity index (χ4v) is 6.96. The van der Waals surface area contributed by atoms with Crippen LogP contribution in [-0.2, 0) is 23.6 Å². The molecule has 0 unspecified atom stereocenters. The standard InChI is InChI=1S/C21H30NO6PS/c1-6-27-29(23,28-7-2)21(16(3)4)22-30(24,25)20-14-10-18(11-15-20)17-8-12-19(26-5)13-9-17/h8-16,21-22H,6-7H2,1-5H3/t21-/m0/s1. The number of nitrogens with one attached hydrogen (secondary N) is 1. The van der Waals surface area contributed by atoms with E-state index >= 15 is 0 Å². The van der Waals surface area contributed by atoms with Gasteiger partial charge in [0.25, 0.3) is 0 Å². The Bertz CT molecular complexity index is 948. The predicted octanol–water partition coefficient (Wildman–Crippen LogP) is 4.89. The highest BCUT2D eigenvalue weighted by molar-refractivity contribution is 7.89. The van der Waals surface area contributed by atoms with E-state index in [9.17, 15) is 13.0 Å². The van der Waals surface area contributed by atoms with Crippen LogP contribution < -0.4 is 9.46 Å². The fourth-order valence-electron chi connectivity index (χ4n) is 2.96. The lowest BCUT2D eigenvalue weighted by molar-refractivity contribution is 0.203. The molecule has 0 saturated heterocycles. The Labute approximate surface area is 179 Å². The Morgan fingerprint density at radius 2 is 1.37 bits per heavy atom. The summed E-state index contributed by atoms with van der Waals surface area (Å²) in [7, 11) is -6.01. The second kappa shape index (κ2) is 10.6. The van der Waals surface area contributed by atoms with Gasteiger partial charge in [0.1, 0.15) is 11.5 Å². The molecule has 0 radical (unpaired) electrons. The van der Waals surface area contributed by atoms with Crippen molar-refractivity contribution in [2.24, 2.45) is 5.92 Å². The Morgan fingerprint density at radius 1 is 0.900 bits per heavy atom. The second-order valence-corrected chi connectivity index (χ2v) is 10.8. The highest BCUT2D eigenvalue weighted by atomic mass is 32.2. The molecule has 0 aliphatic rings. The average Bonchev–Trinajstić information content (AvgIpc) is 2.72. The molecule has 2 aromatic rings. The van der Waals surface area contributed by atoms with Gasteiger partial charge in [-0.25, -0.2) is 8.42 Å². The van der Waals surface area contributed by atoms with Crippen molar-refractivity contribution in [3.63, 3.8) is 0 Å². The summed E-state index contributed by atoms with van der Waals surface area (Å²) in [4.78, 5) is 0.0740. The molecule has 2 aromatic carbocycles. The molecule has 0 saturated carbocycles. The van der Waals surface area contributed by atoms with Gasteiger partial charge in [0.05, 0.1) is 25.2 Å². The maximum atomic E-state index is 13.2. The molecule has 0 aliphatic heterocycles. The van der Waals surface area contributed by atoms with Gasteiger partial charge < -0.3 is 13.8 Å². The van der Waals surface area contributed by atoms with Crippen molar-refractivity contribution < 1.29 is 26.8 Å². The van der Waals surface area contributed by atoms with Gasteiger partial charge in [-0.1, -0.05) is 38.1 Å². The highest BCUT2D eigenvalue weighted by Gasteiger charge is 2.40. The minimum absolute atomic E-state index is 0.0740. The molecule has 0 amide bonds. The van der Waals surface area contributed by atoms with Crippen LogP contribution in [0.4, 0.5) is 0 Å². The van der Waals surface area contributed by atoms with Crippen molar-refractivity contribution in [3.8, 4) is 16.9 Å². The van der Waals surface area contributed by atoms with Crippen molar-refractivity contribution in [1.29, 1.82) is 0 Å². The third kappa shape index (κ3) is 5.93. The van der Waals surface area contributed by atoms with Crippen LogP contribution in [0.1, 0.15) is 27.7 Å². The summed E-state index contributed by atoms with van der Waals surface area (Å²) in [6.07, 6.45) is 0. The molecular formula is C21H30NO6PS. The minimum Gasteiger partial charge on any atom is -0.497 e. The van der Waals surface area contributed by atoms with E-state index in [0.717, 1.165) is 16.9 Å². The molecule has 0 bridgehead atoms. The first-order chi connectivity index (χ1) is 14.2. The quantitative estimate of drug-likeness (QED) is 0.485. The zero-order chi connectivity index (χ0) is 22.4. The highest BCUT2D eigenvalue weighted by Crippen LogP contribution is 2.54. The molecule has 2 rings (SSSR count). The van der Waals surface area contributed by atoms with Gasteiger partial charge in [-0.2, -0.15) is 4.72 Å². The molecule has 1 atom stereocenters. The van der Waals surface area contributed by atoms with E-state index in [-0.39, 0.29) is 24.0 Å². The molecule has 166 valence electrons. The van der Waals surface area contributed by atoms with Crippen LogP contribution in [0.25, 0.3) is 11.1 Å². The van der Waals surface area contributed by atoms with Gasteiger partial charge in [0.15, 0.2) is 0 Å². The van der Waals surface area contributed by atoms with Crippen LogP contribution in [0, 0.1) is 5.92 Å². The smallest absolute Gasteiger partial charge is 0.348 e. The van der Waals surface area contributed by atoms with Gasteiger partial charge in [-0.15, -0.1) is 0 Å². The Hall–Kier alpha value is -1.70. The van der Waals surface area contributed by atoms with Gasteiger partial charge >= 0.3 is 7.60 Å². The van der Waals surface area contributed by atoms with E-state index in [0.29, 0.717) is 0 Å². The Kier molecular flexibility index (Phi) is 8.64. The monoisotopic (exact) mass is 455 g/mol. The Balaban J connectivity index is 2.29. The zero-order valence-electron chi connectivity index (χ0n) is 18.0. The number of hydrogen-bond acceptors (Lipinski definition) is 6. The van der Waals surface area contributed by atoms with Crippen LogP contribution in [0.2, 0.25) is 0 Å². The van der Waals surface area contributed by atoms with Crippen LogP contribution >= 0.6 is 7.60 Å². The number of hydrogen-bond donors (Lipinski definition) is 1. The molecule has 0 spiro atoms. The third-order valence-electron chi connectivity index (χ3n) is 4.45. The lowest BCUT2D eigenvalue weighted by Gasteiger charge is -2.29. The average molecular weight is 456 g/mol. The van der Waals surface area contributed by atoms with Crippen molar-refractivity contribution >= 4 is 17.6 Å². The van der Waals surface area contributed by atoms with E-state index in [1.807, 2.05) is 24.3 Å². The van der Waals surface area contributed by atoms with E-state index < -0.39 is 23.4 Å². The topological polar surface area (TPSA) is 90.9 Å². The SMILES string of the molecule is CCOP(=O)(OCC)[C@H](NS(=O)(=O)c1ccc(-c2ccc(OC)cc2)cc1)C(C)C. The number of ether oxygens (including phenoxy) is 1. The summed E-state index contributed by atoms with van der Waals surface area (Å²) in [6, 6.07) is 14.0. The second-order valence-electron chi connectivity index (χ2n) is 6.94. The molecule has 30 heavy (non-hydrogen) atoms. The van der Waals surface area contributed by atoms with Crippen LogP contribution in [-0.4, -0.2) is 34.5 Å². The first kappa shape index (κ1) is 24.6. The summed E-state index contributed by atoms with van der Waals surface area (Å²) < 4.78 is 57.5. The molecule has 9 heteroatoms. The van der Waals surface area contributed by atoms with Crippen molar-refractivity contribution in [1.82, 2.24) is 4.72 Å². The predicted molar refractivity (Wildman–Crippen MR) is 118 cm³/mol. The van der Waals surface area contributed by atoms with E-state index in [1.54, 1.807) is 46.9 Å². The molecule has 0 aliphatic carbocycles. The number of benzene rings is 2. The normalized spacial score (nSPS) is 13.4. The molecule has 0 fully saturated rings. The molecular weight excluding hydrogens is 425 g/mol. The van der Waals surface area contributed by atoms with Crippen molar-refractivity contribution in [3.05, 3.63) is 48.5 Å². The number of methoxy groups -OCH3 is 1. The first-order valence-electron chi connectivity index (χ1n) is 9.82. The fraction of sp³-hybridized carbons (Fsp3) is 0.429. The first-order valence-corrected chi connectivity index (χ1v) is 12.9. The molecule has 1 N–H and O–H groups in total.